The summed E-state index contributed by atoms with van der Waals surface area (Å²) in [4.78, 5) is 0. The Bertz CT molecular complexity index is 1290. The summed E-state index contributed by atoms with van der Waals surface area (Å²) in [6.07, 6.45) is 0. The van der Waals surface area contributed by atoms with Crippen molar-refractivity contribution in [1.29, 1.82) is 0 Å². The molecule has 0 bridgehead atoms. The second-order valence-corrected chi connectivity index (χ2v) is 7.18. The third kappa shape index (κ3) is 2.82. The average molecular weight is 359 g/mol. The second kappa shape index (κ2) is 6.86. The number of rotatable bonds is 3. The fraction of sp³-hybridized carbons (Fsp3) is 0.0370. The number of benzene rings is 5. The van der Waals surface area contributed by atoms with E-state index in [1.165, 1.54) is 38.2 Å². The number of para-hydroxylation sites is 1. The molecule has 0 aliphatic rings. The summed E-state index contributed by atoms with van der Waals surface area (Å²) in [5, 5.41) is 8.74. The molecular weight excluding hydrogens is 338 g/mol. The maximum Gasteiger partial charge on any atom is 0.0470 e. The first-order chi connectivity index (χ1) is 13.8. The van der Waals surface area contributed by atoms with E-state index >= 15 is 0 Å². The van der Waals surface area contributed by atoms with E-state index in [1.54, 1.807) is 0 Å². The monoisotopic (exact) mass is 359 g/mol. The summed E-state index contributed by atoms with van der Waals surface area (Å²) < 4.78 is 0. The molecule has 0 radical (unpaired) electrons. The molecule has 0 aliphatic heterocycles. The van der Waals surface area contributed by atoms with Gasteiger partial charge in [-0.3, -0.25) is 0 Å². The first-order valence-corrected chi connectivity index (χ1v) is 9.64. The zero-order valence-electron chi connectivity index (χ0n) is 15.8. The lowest BCUT2D eigenvalue weighted by molar-refractivity contribution is 1.43. The molecule has 5 rings (SSSR count). The Balaban J connectivity index is 1.82. The van der Waals surface area contributed by atoms with Crippen LogP contribution in [0.1, 0.15) is 5.56 Å². The van der Waals surface area contributed by atoms with Crippen LogP contribution in [0, 0.1) is 6.92 Å². The molecule has 1 N–H and O–H groups in total. The quantitative estimate of drug-likeness (QED) is 0.348. The highest BCUT2D eigenvalue weighted by atomic mass is 14.9. The van der Waals surface area contributed by atoms with Crippen LogP contribution in [-0.2, 0) is 0 Å². The van der Waals surface area contributed by atoms with Crippen LogP contribution in [0.3, 0.4) is 0 Å². The van der Waals surface area contributed by atoms with Gasteiger partial charge in [0.15, 0.2) is 0 Å². The van der Waals surface area contributed by atoms with Gasteiger partial charge in [0.2, 0.25) is 0 Å². The minimum atomic E-state index is 1.13. The summed E-state index contributed by atoms with van der Waals surface area (Å²) in [6, 6.07) is 36.6. The van der Waals surface area contributed by atoms with Crippen LogP contribution in [0.4, 0.5) is 11.4 Å². The van der Waals surface area contributed by atoms with Gasteiger partial charge in [-0.05, 0) is 51.7 Å². The Kier molecular flexibility index (Phi) is 4.06. The van der Waals surface area contributed by atoms with Crippen molar-refractivity contribution < 1.29 is 0 Å². The highest BCUT2D eigenvalue weighted by Crippen LogP contribution is 2.40. The van der Waals surface area contributed by atoms with E-state index in [9.17, 15) is 0 Å². The van der Waals surface area contributed by atoms with Crippen molar-refractivity contribution in [3.05, 3.63) is 109 Å². The molecule has 1 heteroatoms. The molecule has 0 fully saturated rings. The molecule has 0 saturated carbocycles. The molecule has 0 unspecified atom stereocenters. The van der Waals surface area contributed by atoms with E-state index in [-0.39, 0.29) is 0 Å². The molecule has 5 aromatic rings. The van der Waals surface area contributed by atoms with Crippen LogP contribution in [0.25, 0.3) is 32.7 Å². The van der Waals surface area contributed by atoms with Gasteiger partial charge in [0.05, 0.1) is 0 Å². The van der Waals surface area contributed by atoms with Crippen molar-refractivity contribution in [2.75, 3.05) is 5.32 Å². The van der Waals surface area contributed by atoms with Gasteiger partial charge >= 0.3 is 0 Å². The van der Waals surface area contributed by atoms with Crippen molar-refractivity contribution >= 4 is 32.9 Å². The number of anilines is 2. The van der Waals surface area contributed by atoms with Crippen LogP contribution in [0.5, 0.6) is 0 Å². The molecule has 5 aromatic carbocycles. The summed E-state index contributed by atoms with van der Waals surface area (Å²) in [7, 11) is 0. The zero-order valence-corrected chi connectivity index (χ0v) is 15.8. The van der Waals surface area contributed by atoms with Crippen LogP contribution in [0.15, 0.2) is 103 Å². The van der Waals surface area contributed by atoms with E-state index in [1.807, 2.05) is 0 Å². The van der Waals surface area contributed by atoms with E-state index in [0.29, 0.717) is 0 Å². The standard InChI is InChI=1S/C27H21N/c1-19-9-2-7-16-25(19)28-26-18-17-21-11-4-6-14-23(21)27(26)24-15-8-12-20-10-3-5-13-22(20)24/h2-18,28H,1H3. The summed E-state index contributed by atoms with van der Waals surface area (Å²) in [5.41, 5.74) is 6.01. The normalized spacial score (nSPS) is 11.0. The molecule has 0 atom stereocenters. The third-order valence-electron chi connectivity index (χ3n) is 5.40. The van der Waals surface area contributed by atoms with E-state index in [2.05, 4.69) is 115 Å². The minimum absolute atomic E-state index is 1.13. The van der Waals surface area contributed by atoms with Crippen LogP contribution in [0.2, 0.25) is 0 Å². The van der Waals surface area contributed by atoms with Crippen LogP contribution < -0.4 is 5.32 Å². The molecule has 0 heterocycles. The van der Waals surface area contributed by atoms with Gasteiger partial charge in [-0.25, -0.2) is 0 Å². The van der Waals surface area contributed by atoms with Crippen molar-refractivity contribution in [2.24, 2.45) is 0 Å². The highest BCUT2D eigenvalue weighted by Gasteiger charge is 2.13. The van der Waals surface area contributed by atoms with Crippen molar-refractivity contribution in [2.45, 2.75) is 6.92 Å². The van der Waals surface area contributed by atoms with Gasteiger partial charge in [-0.15, -0.1) is 0 Å². The van der Waals surface area contributed by atoms with Crippen molar-refractivity contribution in [1.82, 2.24) is 0 Å². The number of aryl methyl sites for hydroxylation is 1. The van der Waals surface area contributed by atoms with Gasteiger partial charge in [-0.1, -0.05) is 91.0 Å². The Morgan fingerprint density at radius 1 is 0.500 bits per heavy atom. The SMILES string of the molecule is Cc1ccccc1Nc1ccc2ccccc2c1-c1cccc2ccccc12. The number of hydrogen-bond acceptors (Lipinski definition) is 1. The van der Waals surface area contributed by atoms with Gasteiger partial charge in [0.25, 0.3) is 0 Å². The molecule has 0 saturated heterocycles. The lowest BCUT2D eigenvalue weighted by Gasteiger charge is -2.18. The number of nitrogens with one attached hydrogen (secondary N) is 1. The Morgan fingerprint density at radius 3 is 1.96 bits per heavy atom. The number of fused-ring (bicyclic) bond motifs is 2. The molecular formula is C27H21N. The maximum absolute atomic E-state index is 3.70. The molecule has 0 spiro atoms. The van der Waals surface area contributed by atoms with Crippen LogP contribution >= 0.6 is 0 Å². The van der Waals surface area contributed by atoms with Gasteiger partial charge in [0, 0.05) is 16.9 Å². The van der Waals surface area contributed by atoms with E-state index in [0.717, 1.165) is 11.4 Å². The lowest BCUT2D eigenvalue weighted by atomic mass is 9.92. The van der Waals surface area contributed by atoms with Gasteiger partial charge < -0.3 is 5.32 Å². The zero-order chi connectivity index (χ0) is 18.9. The minimum Gasteiger partial charge on any atom is -0.355 e. The molecule has 0 aliphatic carbocycles. The molecule has 0 aromatic heterocycles. The first-order valence-electron chi connectivity index (χ1n) is 9.64. The Labute approximate surface area is 165 Å². The first kappa shape index (κ1) is 16.6. The van der Waals surface area contributed by atoms with Crippen molar-refractivity contribution in [3.8, 4) is 11.1 Å². The van der Waals surface area contributed by atoms with Gasteiger partial charge in [-0.2, -0.15) is 0 Å². The Morgan fingerprint density at radius 2 is 1.14 bits per heavy atom. The maximum atomic E-state index is 3.70. The molecule has 1 nitrogen and oxygen atoms in total. The molecule has 0 amide bonds. The predicted molar refractivity (Wildman–Crippen MR) is 121 cm³/mol. The summed E-state index contributed by atoms with van der Waals surface area (Å²) >= 11 is 0. The smallest absolute Gasteiger partial charge is 0.0470 e. The topological polar surface area (TPSA) is 12.0 Å². The van der Waals surface area contributed by atoms with E-state index < -0.39 is 0 Å². The largest absolute Gasteiger partial charge is 0.355 e. The van der Waals surface area contributed by atoms with Gasteiger partial charge in [0.1, 0.15) is 0 Å². The summed E-state index contributed by atoms with van der Waals surface area (Å²) in [5.74, 6) is 0. The average Bonchev–Trinajstić information content (AvgIpc) is 2.75. The summed E-state index contributed by atoms with van der Waals surface area (Å²) in [6.45, 7) is 2.14. The lowest BCUT2D eigenvalue weighted by Crippen LogP contribution is -1.96. The fourth-order valence-electron chi connectivity index (χ4n) is 3.97. The molecule has 134 valence electrons. The number of hydrogen-bond donors (Lipinski definition) is 1. The Hall–Kier alpha value is -3.58. The fourth-order valence-corrected chi connectivity index (χ4v) is 3.97. The van der Waals surface area contributed by atoms with Crippen LogP contribution in [-0.4, -0.2) is 0 Å². The van der Waals surface area contributed by atoms with E-state index in [4.69, 9.17) is 0 Å². The predicted octanol–water partition coefficient (Wildman–Crippen LogP) is 7.71. The van der Waals surface area contributed by atoms with Crippen molar-refractivity contribution in [3.63, 3.8) is 0 Å². The highest BCUT2D eigenvalue weighted by molar-refractivity contribution is 6.10. The second-order valence-electron chi connectivity index (χ2n) is 7.18. The third-order valence-corrected chi connectivity index (χ3v) is 5.40. The molecule has 28 heavy (non-hydrogen) atoms.